The van der Waals surface area contributed by atoms with Crippen molar-refractivity contribution in [3.63, 3.8) is 0 Å². The molecule has 6 heteroatoms. The first-order valence-electron chi connectivity index (χ1n) is 4.52. The van der Waals surface area contributed by atoms with E-state index in [1.807, 2.05) is 0 Å². The summed E-state index contributed by atoms with van der Waals surface area (Å²) in [6, 6.07) is 0. The summed E-state index contributed by atoms with van der Waals surface area (Å²) in [5.41, 5.74) is 6.18. The minimum absolute atomic E-state index is 0.0922. The topological polar surface area (TPSA) is 82.0 Å². The number of nitrogens with zero attached hydrogens (tertiary/aromatic N) is 2. The largest absolute Gasteiger partial charge is 0.378 e. The second-order valence-corrected chi connectivity index (χ2v) is 3.41. The lowest BCUT2D eigenvalue weighted by Gasteiger charge is -2.01. The summed E-state index contributed by atoms with van der Waals surface area (Å²) in [5, 5.41) is 10.7. The van der Waals surface area contributed by atoms with Gasteiger partial charge in [0.05, 0.1) is 10.5 Å². The van der Waals surface area contributed by atoms with E-state index in [2.05, 4.69) is 16.8 Å². The van der Waals surface area contributed by atoms with Gasteiger partial charge >= 0.3 is 5.69 Å². The van der Waals surface area contributed by atoms with Crippen molar-refractivity contribution in [3.05, 3.63) is 27.4 Å². The fraction of sp³-hybridized carbons (Fsp3) is 0.300. The number of hydrogen-bond acceptors (Lipinski definition) is 4. The molecule has 0 unspecified atom stereocenters. The highest BCUT2D eigenvalue weighted by Gasteiger charge is 2.18. The van der Waals surface area contributed by atoms with Gasteiger partial charge in [-0.05, 0) is 6.92 Å². The van der Waals surface area contributed by atoms with Gasteiger partial charge in [0, 0.05) is 24.1 Å². The minimum atomic E-state index is -0.551. The predicted octanol–water partition coefficient (Wildman–Crippen LogP) is 1.86. The number of nitro groups is 1. The van der Waals surface area contributed by atoms with Gasteiger partial charge in [0.25, 0.3) is 0 Å². The van der Waals surface area contributed by atoms with Crippen LogP contribution in [0, 0.1) is 28.9 Å². The average molecular weight is 240 g/mol. The van der Waals surface area contributed by atoms with Crippen LogP contribution in [0.1, 0.15) is 17.5 Å². The molecule has 1 aromatic heterocycles. The zero-order valence-corrected chi connectivity index (χ0v) is 9.41. The Morgan fingerprint density at radius 1 is 1.69 bits per heavy atom. The number of hydrogen-bond donors (Lipinski definition) is 1. The number of pyridine rings is 1. The van der Waals surface area contributed by atoms with Crippen molar-refractivity contribution in [2.75, 3.05) is 11.6 Å². The van der Waals surface area contributed by atoms with Crippen molar-refractivity contribution in [3.8, 4) is 11.8 Å². The molecule has 0 saturated carbocycles. The third-order valence-electron chi connectivity index (χ3n) is 1.96. The van der Waals surface area contributed by atoms with Crippen LogP contribution >= 0.6 is 11.6 Å². The molecule has 0 radical (unpaired) electrons. The maximum atomic E-state index is 10.7. The Balaban J connectivity index is 3.20. The SMILES string of the molecule is Cc1c(C#CCCCl)cnc(N)c1[N+](=O)[O-]. The predicted molar refractivity (Wildman–Crippen MR) is 62.3 cm³/mol. The molecular weight excluding hydrogens is 230 g/mol. The van der Waals surface area contributed by atoms with Crippen LogP contribution < -0.4 is 5.73 Å². The van der Waals surface area contributed by atoms with Gasteiger partial charge in [-0.25, -0.2) is 4.98 Å². The molecular formula is C10H10ClN3O2. The highest BCUT2D eigenvalue weighted by Crippen LogP contribution is 2.25. The van der Waals surface area contributed by atoms with Crippen LogP contribution in [0.25, 0.3) is 0 Å². The Kier molecular flexibility index (Phi) is 4.09. The molecule has 2 N–H and O–H groups in total. The molecule has 1 rings (SSSR count). The first-order valence-corrected chi connectivity index (χ1v) is 5.05. The number of rotatable bonds is 2. The Hall–Kier alpha value is -1.80. The zero-order valence-electron chi connectivity index (χ0n) is 8.66. The summed E-state index contributed by atoms with van der Waals surface area (Å²) in [4.78, 5) is 13.9. The fourth-order valence-electron chi connectivity index (χ4n) is 1.17. The van der Waals surface area contributed by atoms with Crippen molar-refractivity contribution < 1.29 is 4.92 Å². The van der Waals surface area contributed by atoms with Crippen molar-refractivity contribution >= 4 is 23.1 Å². The summed E-state index contributed by atoms with van der Waals surface area (Å²) in [6.45, 7) is 1.60. The maximum absolute atomic E-state index is 10.7. The maximum Gasteiger partial charge on any atom is 0.315 e. The van der Waals surface area contributed by atoms with E-state index < -0.39 is 4.92 Å². The van der Waals surface area contributed by atoms with Crippen LogP contribution in [0.15, 0.2) is 6.20 Å². The van der Waals surface area contributed by atoms with E-state index in [0.29, 0.717) is 23.4 Å². The zero-order chi connectivity index (χ0) is 12.1. The summed E-state index contributed by atoms with van der Waals surface area (Å²) in [7, 11) is 0. The van der Waals surface area contributed by atoms with Crippen LogP contribution in [0.4, 0.5) is 11.5 Å². The molecule has 5 nitrogen and oxygen atoms in total. The van der Waals surface area contributed by atoms with Gasteiger partial charge in [-0.15, -0.1) is 11.6 Å². The molecule has 0 amide bonds. The summed E-state index contributed by atoms with van der Waals surface area (Å²) >= 11 is 5.47. The number of halogens is 1. The van der Waals surface area contributed by atoms with Crippen molar-refractivity contribution in [2.24, 2.45) is 0 Å². The first-order chi connectivity index (χ1) is 7.57. The van der Waals surface area contributed by atoms with Gasteiger partial charge in [-0.1, -0.05) is 11.8 Å². The normalized spacial score (nSPS) is 9.38. The van der Waals surface area contributed by atoms with Crippen molar-refractivity contribution in [1.82, 2.24) is 4.98 Å². The van der Waals surface area contributed by atoms with E-state index in [0.717, 1.165) is 0 Å². The average Bonchev–Trinajstić information content (AvgIpc) is 2.21. The van der Waals surface area contributed by atoms with E-state index in [1.165, 1.54) is 6.20 Å². The molecule has 0 aliphatic heterocycles. The summed E-state index contributed by atoms with van der Waals surface area (Å²) in [6.07, 6.45) is 1.96. The van der Waals surface area contributed by atoms with Crippen LogP contribution in [-0.4, -0.2) is 15.8 Å². The molecule has 1 heterocycles. The highest BCUT2D eigenvalue weighted by molar-refractivity contribution is 6.18. The molecule has 0 aliphatic rings. The lowest BCUT2D eigenvalue weighted by Crippen LogP contribution is -2.02. The van der Waals surface area contributed by atoms with Gasteiger partial charge in [0.2, 0.25) is 5.82 Å². The molecule has 0 saturated heterocycles. The van der Waals surface area contributed by atoms with Gasteiger partial charge in [-0.2, -0.15) is 0 Å². The lowest BCUT2D eigenvalue weighted by atomic mass is 10.1. The van der Waals surface area contributed by atoms with E-state index in [1.54, 1.807) is 6.92 Å². The number of nitrogen functional groups attached to an aromatic ring is 1. The quantitative estimate of drug-likeness (QED) is 0.370. The highest BCUT2D eigenvalue weighted by atomic mass is 35.5. The molecule has 0 aromatic carbocycles. The molecule has 0 spiro atoms. The van der Waals surface area contributed by atoms with Crippen LogP contribution in [-0.2, 0) is 0 Å². The Labute approximate surface area is 97.8 Å². The van der Waals surface area contributed by atoms with Gasteiger partial charge < -0.3 is 5.73 Å². The van der Waals surface area contributed by atoms with Gasteiger partial charge in [-0.3, -0.25) is 10.1 Å². The van der Waals surface area contributed by atoms with Gasteiger partial charge in [0.15, 0.2) is 0 Å². The molecule has 84 valence electrons. The number of aromatic nitrogens is 1. The number of nitrogens with two attached hydrogens (primary N) is 1. The summed E-state index contributed by atoms with van der Waals surface area (Å²) in [5.74, 6) is 5.91. The lowest BCUT2D eigenvalue weighted by molar-refractivity contribution is -0.384. The Morgan fingerprint density at radius 2 is 2.38 bits per heavy atom. The Morgan fingerprint density at radius 3 is 2.94 bits per heavy atom. The van der Waals surface area contributed by atoms with Gasteiger partial charge in [0.1, 0.15) is 0 Å². The molecule has 1 aromatic rings. The third kappa shape index (κ3) is 2.61. The molecule has 0 bridgehead atoms. The molecule has 0 aliphatic carbocycles. The first kappa shape index (κ1) is 12.3. The monoisotopic (exact) mass is 239 g/mol. The molecule has 16 heavy (non-hydrogen) atoms. The standard InChI is InChI=1S/C10H10ClN3O2/c1-7-8(4-2-3-5-11)6-13-10(12)9(7)14(15)16/h6H,3,5H2,1H3,(H2,12,13). The van der Waals surface area contributed by atoms with E-state index in [4.69, 9.17) is 17.3 Å². The number of alkyl halides is 1. The van der Waals surface area contributed by atoms with E-state index in [9.17, 15) is 10.1 Å². The Bertz CT molecular complexity index is 477. The third-order valence-corrected chi connectivity index (χ3v) is 2.15. The molecule has 0 atom stereocenters. The van der Waals surface area contributed by atoms with Crippen LogP contribution in [0.3, 0.4) is 0 Å². The van der Waals surface area contributed by atoms with Crippen molar-refractivity contribution in [2.45, 2.75) is 13.3 Å². The fourth-order valence-corrected chi connectivity index (χ4v) is 1.27. The molecule has 0 fully saturated rings. The van der Waals surface area contributed by atoms with Crippen LogP contribution in [0.5, 0.6) is 0 Å². The second kappa shape index (κ2) is 5.33. The number of anilines is 1. The van der Waals surface area contributed by atoms with E-state index >= 15 is 0 Å². The minimum Gasteiger partial charge on any atom is -0.378 e. The summed E-state index contributed by atoms with van der Waals surface area (Å²) < 4.78 is 0. The van der Waals surface area contributed by atoms with Crippen LogP contribution in [0.2, 0.25) is 0 Å². The smallest absolute Gasteiger partial charge is 0.315 e. The van der Waals surface area contributed by atoms with E-state index in [-0.39, 0.29) is 11.5 Å². The second-order valence-electron chi connectivity index (χ2n) is 3.03. The van der Waals surface area contributed by atoms with Crippen molar-refractivity contribution in [1.29, 1.82) is 0 Å².